The molecule has 0 bridgehead atoms. The van der Waals surface area contributed by atoms with Crippen LogP contribution >= 0.6 is 0 Å². The number of esters is 1. The summed E-state index contributed by atoms with van der Waals surface area (Å²) in [5, 5.41) is 5.41. The zero-order valence-electron chi connectivity index (χ0n) is 16.8. The number of benzene rings is 3. The Morgan fingerprint density at radius 1 is 0.800 bits per heavy atom. The fourth-order valence-corrected chi connectivity index (χ4v) is 2.88. The van der Waals surface area contributed by atoms with E-state index in [1.807, 2.05) is 38.1 Å². The number of hydrogen-bond acceptors (Lipinski definition) is 4. The second kappa shape index (κ2) is 9.52. The van der Waals surface area contributed by atoms with Crippen LogP contribution in [0.2, 0.25) is 0 Å². The van der Waals surface area contributed by atoms with Crippen LogP contribution in [-0.4, -0.2) is 24.4 Å². The molecular weight excluding hydrogens is 380 g/mol. The normalized spacial score (nSPS) is 10.2. The van der Waals surface area contributed by atoms with Crippen molar-refractivity contribution < 1.29 is 19.1 Å². The molecule has 0 spiro atoms. The van der Waals surface area contributed by atoms with Crippen molar-refractivity contribution in [2.24, 2.45) is 0 Å². The fourth-order valence-electron chi connectivity index (χ4n) is 2.88. The lowest BCUT2D eigenvalue weighted by atomic mass is 10.1. The molecule has 3 rings (SSSR count). The maximum absolute atomic E-state index is 12.5. The van der Waals surface area contributed by atoms with Crippen LogP contribution in [0.15, 0.2) is 72.8 Å². The van der Waals surface area contributed by atoms with Gasteiger partial charge >= 0.3 is 5.97 Å². The van der Waals surface area contributed by atoms with E-state index >= 15 is 0 Å². The van der Waals surface area contributed by atoms with Gasteiger partial charge in [0.25, 0.3) is 11.8 Å². The molecule has 0 saturated heterocycles. The van der Waals surface area contributed by atoms with Gasteiger partial charge in [-0.2, -0.15) is 0 Å². The Morgan fingerprint density at radius 3 is 2.23 bits per heavy atom. The number of carbonyl (C=O) groups is 3. The van der Waals surface area contributed by atoms with Crippen LogP contribution in [0, 0.1) is 13.8 Å². The van der Waals surface area contributed by atoms with Crippen molar-refractivity contribution in [2.45, 2.75) is 13.8 Å². The van der Waals surface area contributed by atoms with Gasteiger partial charge in [-0.25, -0.2) is 4.79 Å². The summed E-state index contributed by atoms with van der Waals surface area (Å²) in [6.45, 7) is 3.37. The monoisotopic (exact) mass is 402 g/mol. The SMILES string of the molecule is Cc1cccc(NC(=O)COC(=O)c2ccccc2NC(=O)c2cccc(C)c2)c1. The molecule has 3 aromatic carbocycles. The third-order valence-electron chi connectivity index (χ3n) is 4.31. The van der Waals surface area contributed by atoms with Crippen LogP contribution in [0.1, 0.15) is 31.8 Å². The van der Waals surface area contributed by atoms with E-state index in [9.17, 15) is 14.4 Å². The van der Waals surface area contributed by atoms with Gasteiger partial charge in [-0.3, -0.25) is 9.59 Å². The van der Waals surface area contributed by atoms with Gasteiger partial charge in [-0.15, -0.1) is 0 Å². The minimum absolute atomic E-state index is 0.168. The number of anilines is 2. The number of carbonyl (C=O) groups excluding carboxylic acids is 3. The molecule has 0 atom stereocenters. The average molecular weight is 402 g/mol. The Labute approximate surface area is 174 Å². The number of amides is 2. The lowest BCUT2D eigenvalue weighted by Gasteiger charge is -2.11. The molecule has 0 saturated carbocycles. The molecule has 0 aliphatic rings. The van der Waals surface area contributed by atoms with E-state index in [0.717, 1.165) is 11.1 Å². The first-order chi connectivity index (χ1) is 14.4. The minimum Gasteiger partial charge on any atom is -0.452 e. The number of aryl methyl sites for hydroxylation is 2. The topological polar surface area (TPSA) is 84.5 Å². The summed E-state index contributed by atoms with van der Waals surface area (Å²) in [5.74, 6) is -1.49. The lowest BCUT2D eigenvalue weighted by molar-refractivity contribution is -0.119. The molecule has 0 heterocycles. The quantitative estimate of drug-likeness (QED) is 0.601. The number of ether oxygens (including phenoxy) is 1. The largest absolute Gasteiger partial charge is 0.452 e. The maximum atomic E-state index is 12.5. The lowest BCUT2D eigenvalue weighted by Crippen LogP contribution is -2.22. The molecule has 0 unspecified atom stereocenters. The predicted molar refractivity (Wildman–Crippen MR) is 116 cm³/mol. The molecule has 0 fully saturated rings. The second-order valence-electron chi connectivity index (χ2n) is 6.86. The Kier molecular flexibility index (Phi) is 6.60. The minimum atomic E-state index is -0.700. The Balaban J connectivity index is 1.63. The predicted octanol–water partition coefficient (Wildman–Crippen LogP) is 4.35. The Bertz CT molecular complexity index is 1090. The Morgan fingerprint density at radius 2 is 1.50 bits per heavy atom. The van der Waals surface area contributed by atoms with Crippen molar-refractivity contribution in [3.8, 4) is 0 Å². The van der Waals surface area contributed by atoms with E-state index in [1.54, 1.807) is 42.5 Å². The fraction of sp³-hybridized carbons (Fsp3) is 0.125. The molecule has 6 heteroatoms. The molecule has 2 N–H and O–H groups in total. The smallest absolute Gasteiger partial charge is 0.340 e. The highest BCUT2D eigenvalue weighted by atomic mass is 16.5. The number of rotatable bonds is 6. The first-order valence-electron chi connectivity index (χ1n) is 9.43. The molecule has 6 nitrogen and oxygen atoms in total. The van der Waals surface area contributed by atoms with Crippen molar-refractivity contribution >= 4 is 29.2 Å². The molecular formula is C24H22N2O4. The highest BCUT2D eigenvalue weighted by Crippen LogP contribution is 2.18. The second-order valence-corrected chi connectivity index (χ2v) is 6.86. The number of nitrogens with one attached hydrogen (secondary N) is 2. The average Bonchev–Trinajstić information content (AvgIpc) is 2.72. The maximum Gasteiger partial charge on any atom is 0.340 e. The van der Waals surface area contributed by atoms with Crippen LogP contribution in [0.4, 0.5) is 11.4 Å². The number of para-hydroxylation sites is 1. The van der Waals surface area contributed by atoms with Gasteiger partial charge < -0.3 is 15.4 Å². The van der Waals surface area contributed by atoms with Crippen LogP contribution in [0.3, 0.4) is 0 Å². The van der Waals surface area contributed by atoms with Gasteiger partial charge in [0.15, 0.2) is 6.61 Å². The van der Waals surface area contributed by atoms with Crippen LogP contribution in [0.5, 0.6) is 0 Å². The standard InChI is InChI=1S/C24H22N2O4/c1-16-7-5-9-18(13-16)23(28)26-21-12-4-3-11-20(21)24(29)30-15-22(27)25-19-10-6-8-17(2)14-19/h3-14H,15H2,1-2H3,(H,25,27)(H,26,28). The molecule has 0 aliphatic heterocycles. The number of hydrogen-bond donors (Lipinski definition) is 2. The van der Waals surface area contributed by atoms with E-state index in [4.69, 9.17) is 4.74 Å². The van der Waals surface area contributed by atoms with E-state index in [-0.39, 0.29) is 11.5 Å². The summed E-state index contributed by atoms with van der Waals surface area (Å²) in [4.78, 5) is 37.1. The third-order valence-corrected chi connectivity index (χ3v) is 4.31. The van der Waals surface area contributed by atoms with Gasteiger partial charge in [0.1, 0.15) is 0 Å². The van der Waals surface area contributed by atoms with Crippen molar-refractivity contribution in [3.05, 3.63) is 95.1 Å². The summed E-state index contributed by atoms with van der Waals surface area (Å²) < 4.78 is 5.14. The van der Waals surface area contributed by atoms with Crippen LogP contribution < -0.4 is 10.6 Å². The summed E-state index contributed by atoms with van der Waals surface area (Å²) >= 11 is 0. The van der Waals surface area contributed by atoms with Gasteiger partial charge in [-0.05, 0) is 55.8 Å². The summed E-state index contributed by atoms with van der Waals surface area (Å²) in [6.07, 6.45) is 0. The van der Waals surface area contributed by atoms with E-state index in [0.29, 0.717) is 16.9 Å². The molecule has 152 valence electrons. The third kappa shape index (κ3) is 5.54. The van der Waals surface area contributed by atoms with E-state index in [1.165, 1.54) is 6.07 Å². The summed E-state index contributed by atoms with van der Waals surface area (Å²) in [7, 11) is 0. The van der Waals surface area contributed by atoms with Crippen molar-refractivity contribution in [3.63, 3.8) is 0 Å². The van der Waals surface area contributed by atoms with Crippen molar-refractivity contribution in [1.29, 1.82) is 0 Å². The zero-order valence-corrected chi connectivity index (χ0v) is 16.8. The summed E-state index contributed by atoms with van der Waals surface area (Å²) in [5.41, 5.74) is 3.55. The van der Waals surface area contributed by atoms with E-state index < -0.39 is 18.5 Å². The Hall–Kier alpha value is -3.93. The van der Waals surface area contributed by atoms with Gasteiger partial charge in [0.05, 0.1) is 11.3 Å². The molecule has 2 amide bonds. The molecule has 0 aliphatic carbocycles. The van der Waals surface area contributed by atoms with Crippen LogP contribution in [0.25, 0.3) is 0 Å². The van der Waals surface area contributed by atoms with E-state index in [2.05, 4.69) is 10.6 Å². The zero-order chi connectivity index (χ0) is 21.5. The van der Waals surface area contributed by atoms with Crippen LogP contribution in [-0.2, 0) is 9.53 Å². The van der Waals surface area contributed by atoms with Crippen molar-refractivity contribution in [1.82, 2.24) is 0 Å². The van der Waals surface area contributed by atoms with Gasteiger partial charge in [0, 0.05) is 11.3 Å². The van der Waals surface area contributed by atoms with Gasteiger partial charge in [0.2, 0.25) is 0 Å². The van der Waals surface area contributed by atoms with Crippen molar-refractivity contribution in [2.75, 3.05) is 17.2 Å². The molecule has 3 aromatic rings. The molecule has 0 aromatic heterocycles. The molecule has 0 radical (unpaired) electrons. The molecule has 30 heavy (non-hydrogen) atoms. The highest BCUT2D eigenvalue weighted by Gasteiger charge is 2.16. The summed E-state index contributed by atoms with van der Waals surface area (Å²) in [6, 6.07) is 20.9. The van der Waals surface area contributed by atoms with Gasteiger partial charge in [-0.1, -0.05) is 42.0 Å². The highest BCUT2D eigenvalue weighted by molar-refractivity contribution is 6.08. The first-order valence-corrected chi connectivity index (χ1v) is 9.43. The first kappa shape index (κ1) is 20.8.